The molecule has 3 rings (SSSR count). The number of hydrogen-bond donors (Lipinski definition) is 1. The van der Waals surface area contributed by atoms with Crippen LogP contribution in [0.1, 0.15) is 50.2 Å². The molecule has 0 spiro atoms. The number of carbonyl (C=O) groups excluding carboxylic acids is 2. The minimum Gasteiger partial charge on any atom is -0.484 e. The molecule has 0 aromatic heterocycles. The van der Waals surface area contributed by atoms with Crippen LogP contribution in [0, 0.1) is 6.92 Å². The zero-order valence-corrected chi connectivity index (χ0v) is 20.9. The Labute approximate surface area is 203 Å². The number of ether oxygens (including phenoxy) is 1. The van der Waals surface area contributed by atoms with Crippen LogP contribution in [0.5, 0.6) is 5.75 Å². The Hall–Kier alpha value is -2.05. The van der Waals surface area contributed by atoms with Gasteiger partial charge in [0.25, 0.3) is 5.91 Å². The lowest BCUT2D eigenvalue weighted by atomic mass is 9.95. The monoisotopic (exact) mass is 520 g/mol. The van der Waals surface area contributed by atoms with E-state index in [1.54, 1.807) is 17.9 Å². The zero-order valence-electron chi connectivity index (χ0n) is 18.6. The van der Waals surface area contributed by atoms with E-state index >= 15 is 0 Å². The molecule has 2 aromatic carbocycles. The Kier molecular flexibility index (Phi) is 9.00. The first-order valence-electron chi connectivity index (χ1n) is 11.1. The summed E-state index contributed by atoms with van der Waals surface area (Å²) in [5, 5.41) is 3.69. The average molecular weight is 522 g/mol. The molecule has 2 amide bonds. The van der Waals surface area contributed by atoms with Crippen LogP contribution in [0.4, 0.5) is 0 Å². The van der Waals surface area contributed by atoms with Crippen LogP contribution >= 0.6 is 27.5 Å². The van der Waals surface area contributed by atoms with E-state index in [4.69, 9.17) is 16.3 Å². The second kappa shape index (κ2) is 11.7. The molecule has 1 N–H and O–H groups in total. The number of rotatable bonds is 8. The summed E-state index contributed by atoms with van der Waals surface area (Å²) in [4.78, 5) is 27.7. The summed E-state index contributed by atoms with van der Waals surface area (Å²) in [6.45, 7) is 3.80. The van der Waals surface area contributed by atoms with Crippen molar-refractivity contribution in [3.8, 4) is 5.75 Å². The third-order valence-corrected chi connectivity index (χ3v) is 7.17. The summed E-state index contributed by atoms with van der Waals surface area (Å²) >= 11 is 9.81. The van der Waals surface area contributed by atoms with Gasteiger partial charge in [-0.25, -0.2) is 0 Å². The average Bonchev–Trinajstić information content (AvgIpc) is 2.79. The largest absolute Gasteiger partial charge is 0.484 e. The standard InChI is InChI=1S/C25H30BrClN2O3/c1-17-14-21(12-13-22(17)26)32-16-24(30)29(15-19-8-6-7-11-23(19)27)18(2)25(31)28-20-9-4-3-5-10-20/h6-8,11-14,18,20H,3-5,9-10,15-16H2,1-2H3,(H,28,31). The van der Waals surface area contributed by atoms with Crippen molar-refractivity contribution in [3.63, 3.8) is 0 Å². The first-order chi connectivity index (χ1) is 15.3. The fraction of sp³-hybridized carbons (Fsp3) is 0.440. The number of amides is 2. The molecule has 32 heavy (non-hydrogen) atoms. The molecule has 0 heterocycles. The van der Waals surface area contributed by atoms with Crippen molar-refractivity contribution in [1.29, 1.82) is 0 Å². The molecule has 7 heteroatoms. The highest BCUT2D eigenvalue weighted by Crippen LogP contribution is 2.23. The molecule has 1 aliphatic carbocycles. The van der Waals surface area contributed by atoms with Crippen LogP contribution in [0.2, 0.25) is 5.02 Å². The van der Waals surface area contributed by atoms with E-state index in [9.17, 15) is 9.59 Å². The Morgan fingerprint density at radius 2 is 1.91 bits per heavy atom. The normalized spacial score (nSPS) is 15.1. The van der Waals surface area contributed by atoms with Gasteiger partial charge in [0.2, 0.25) is 5.91 Å². The van der Waals surface area contributed by atoms with Crippen molar-refractivity contribution in [2.75, 3.05) is 6.61 Å². The van der Waals surface area contributed by atoms with E-state index in [1.807, 2.05) is 43.3 Å². The number of hydrogen-bond acceptors (Lipinski definition) is 3. The maximum Gasteiger partial charge on any atom is 0.261 e. The molecular weight excluding hydrogens is 492 g/mol. The molecule has 0 saturated heterocycles. The molecule has 0 bridgehead atoms. The molecule has 0 aliphatic heterocycles. The number of halogens is 2. The van der Waals surface area contributed by atoms with Crippen LogP contribution < -0.4 is 10.1 Å². The highest BCUT2D eigenvalue weighted by molar-refractivity contribution is 9.10. The fourth-order valence-corrected chi connectivity index (χ4v) is 4.34. The zero-order chi connectivity index (χ0) is 23.1. The minimum atomic E-state index is -0.643. The smallest absolute Gasteiger partial charge is 0.261 e. The highest BCUT2D eigenvalue weighted by Gasteiger charge is 2.28. The Morgan fingerprint density at radius 3 is 2.59 bits per heavy atom. The van der Waals surface area contributed by atoms with E-state index in [2.05, 4.69) is 21.2 Å². The first kappa shape index (κ1) is 24.6. The van der Waals surface area contributed by atoms with Crippen molar-refractivity contribution >= 4 is 39.3 Å². The van der Waals surface area contributed by atoms with Gasteiger partial charge in [-0.15, -0.1) is 0 Å². The summed E-state index contributed by atoms with van der Waals surface area (Å²) in [6, 6.07) is 12.5. The van der Waals surface area contributed by atoms with Crippen LogP contribution in [-0.2, 0) is 16.1 Å². The minimum absolute atomic E-state index is 0.142. The predicted octanol–water partition coefficient (Wildman–Crippen LogP) is 5.66. The summed E-state index contributed by atoms with van der Waals surface area (Å²) < 4.78 is 6.73. The van der Waals surface area contributed by atoms with Gasteiger partial charge >= 0.3 is 0 Å². The molecule has 1 aliphatic rings. The topological polar surface area (TPSA) is 58.6 Å². The van der Waals surface area contributed by atoms with Crippen LogP contribution in [0.3, 0.4) is 0 Å². The van der Waals surface area contributed by atoms with Gasteiger partial charge in [-0.1, -0.05) is 65.0 Å². The molecule has 0 radical (unpaired) electrons. The third-order valence-electron chi connectivity index (χ3n) is 5.91. The molecule has 1 saturated carbocycles. The van der Waals surface area contributed by atoms with Gasteiger partial charge in [-0.2, -0.15) is 0 Å². The van der Waals surface area contributed by atoms with Gasteiger partial charge in [0.15, 0.2) is 6.61 Å². The second-order valence-corrected chi connectivity index (χ2v) is 9.59. The van der Waals surface area contributed by atoms with Crippen molar-refractivity contribution in [3.05, 3.63) is 63.1 Å². The lowest BCUT2D eigenvalue weighted by molar-refractivity contribution is -0.142. The van der Waals surface area contributed by atoms with E-state index in [1.165, 1.54) is 6.42 Å². The van der Waals surface area contributed by atoms with Crippen molar-refractivity contribution in [2.24, 2.45) is 0 Å². The lowest BCUT2D eigenvalue weighted by Gasteiger charge is -2.31. The number of nitrogens with zero attached hydrogens (tertiary/aromatic N) is 1. The van der Waals surface area contributed by atoms with Gasteiger partial charge in [0, 0.05) is 22.1 Å². The molecule has 1 unspecified atom stereocenters. The molecule has 5 nitrogen and oxygen atoms in total. The van der Waals surface area contributed by atoms with Crippen molar-refractivity contribution in [1.82, 2.24) is 10.2 Å². The maximum atomic E-state index is 13.2. The Bertz CT molecular complexity index is 947. The van der Waals surface area contributed by atoms with Gasteiger partial charge < -0.3 is 15.0 Å². The quantitative estimate of drug-likeness (QED) is 0.488. The van der Waals surface area contributed by atoms with Crippen molar-refractivity contribution in [2.45, 2.75) is 64.6 Å². The third kappa shape index (κ3) is 6.72. The van der Waals surface area contributed by atoms with Gasteiger partial charge in [-0.3, -0.25) is 9.59 Å². The lowest BCUT2D eigenvalue weighted by Crippen LogP contribution is -2.51. The molecule has 1 atom stereocenters. The van der Waals surface area contributed by atoms with Crippen molar-refractivity contribution < 1.29 is 14.3 Å². The second-order valence-electron chi connectivity index (χ2n) is 8.33. The van der Waals surface area contributed by atoms with Crippen LogP contribution in [0.15, 0.2) is 46.9 Å². The van der Waals surface area contributed by atoms with Gasteiger partial charge in [0.1, 0.15) is 11.8 Å². The SMILES string of the molecule is Cc1cc(OCC(=O)N(Cc2ccccc2Cl)C(C)C(=O)NC2CCCCC2)ccc1Br. The highest BCUT2D eigenvalue weighted by atomic mass is 79.9. The first-order valence-corrected chi connectivity index (χ1v) is 12.2. The molecule has 172 valence electrons. The fourth-order valence-electron chi connectivity index (χ4n) is 3.90. The predicted molar refractivity (Wildman–Crippen MR) is 131 cm³/mol. The molecule has 2 aromatic rings. The maximum absolute atomic E-state index is 13.2. The summed E-state index contributed by atoms with van der Waals surface area (Å²) in [5.74, 6) is 0.199. The number of nitrogens with one attached hydrogen (secondary N) is 1. The summed E-state index contributed by atoms with van der Waals surface area (Å²) in [6.07, 6.45) is 5.45. The number of benzene rings is 2. The van der Waals surface area contributed by atoms with Gasteiger partial charge in [-0.05, 0) is 62.1 Å². The van der Waals surface area contributed by atoms with E-state index in [0.29, 0.717) is 10.8 Å². The van der Waals surface area contributed by atoms with E-state index in [0.717, 1.165) is 41.3 Å². The van der Waals surface area contributed by atoms with Crippen LogP contribution in [0.25, 0.3) is 0 Å². The number of carbonyl (C=O) groups is 2. The van der Waals surface area contributed by atoms with Crippen LogP contribution in [-0.4, -0.2) is 35.4 Å². The molecule has 1 fully saturated rings. The van der Waals surface area contributed by atoms with E-state index in [-0.39, 0.29) is 31.0 Å². The summed E-state index contributed by atoms with van der Waals surface area (Å²) in [5.41, 5.74) is 1.81. The Balaban J connectivity index is 1.72. The van der Waals surface area contributed by atoms with Gasteiger partial charge in [0.05, 0.1) is 0 Å². The number of aryl methyl sites for hydroxylation is 1. The molecular formula is C25H30BrClN2O3. The Morgan fingerprint density at radius 1 is 1.19 bits per heavy atom. The van der Waals surface area contributed by atoms with E-state index < -0.39 is 6.04 Å². The summed E-state index contributed by atoms with van der Waals surface area (Å²) in [7, 11) is 0.